The number of imide groups is 1. The molecule has 1 aliphatic rings. The number of ether oxygens (including phenoxy) is 1. The van der Waals surface area contributed by atoms with E-state index in [2.05, 4.69) is 31.9 Å². The summed E-state index contributed by atoms with van der Waals surface area (Å²) >= 11 is 1.56. The second-order valence-electron chi connectivity index (χ2n) is 13.3. The quantitative estimate of drug-likeness (QED) is 0.0599. The maximum atomic E-state index is 13.2. The van der Waals surface area contributed by atoms with E-state index < -0.39 is 48.9 Å². The minimum atomic E-state index is -1.08. The first-order valence-corrected chi connectivity index (χ1v) is 20.2. The van der Waals surface area contributed by atoms with Crippen molar-refractivity contribution in [2.45, 2.75) is 51.2 Å². The summed E-state index contributed by atoms with van der Waals surface area (Å²) in [5.74, 6) is -2.25. The molecule has 0 spiro atoms. The Balaban J connectivity index is 1.36. The fourth-order valence-electron chi connectivity index (χ4n) is 5.32. The molecule has 6 N–H and O–H groups in total. The van der Waals surface area contributed by atoms with Gasteiger partial charge in [-0.1, -0.05) is 48.9 Å². The Labute approximate surface area is 347 Å². The van der Waals surface area contributed by atoms with Crippen LogP contribution in [-0.4, -0.2) is 128 Å². The molecule has 19 heteroatoms. The normalized spacial score (nSPS) is 12.3. The molecule has 0 unspecified atom stereocenters. The van der Waals surface area contributed by atoms with Gasteiger partial charge in [-0.25, -0.2) is 4.79 Å². The smallest absolute Gasteiger partial charge is 0.409 e. The van der Waals surface area contributed by atoms with Crippen LogP contribution < -0.4 is 31.9 Å². The fourth-order valence-corrected chi connectivity index (χ4v) is 6.25. The number of amides is 9. The number of benzene rings is 2. The van der Waals surface area contributed by atoms with Gasteiger partial charge in [0.2, 0.25) is 35.4 Å². The van der Waals surface area contributed by atoms with E-state index in [9.17, 15) is 43.2 Å². The SMILES string of the molecule is CNC(=O)CCSCCN(C)C(=O)OCc1ccc(NC(=O)CNC(=O)[C@H](Cc2ccccc2)NC(=O)CNC(=O)CNC(=O)CCCCCN2C(=O)C=CC2=O)cc1. The maximum Gasteiger partial charge on any atom is 0.409 e. The van der Waals surface area contributed by atoms with Gasteiger partial charge in [-0.15, -0.1) is 0 Å². The lowest BCUT2D eigenvalue weighted by molar-refractivity contribution is -0.137. The third-order valence-corrected chi connectivity index (χ3v) is 9.63. The van der Waals surface area contributed by atoms with E-state index in [-0.39, 0.29) is 56.2 Å². The van der Waals surface area contributed by atoms with Crippen molar-refractivity contribution >= 4 is 70.8 Å². The van der Waals surface area contributed by atoms with Crippen molar-refractivity contribution in [2.75, 3.05) is 63.6 Å². The highest BCUT2D eigenvalue weighted by molar-refractivity contribution is 7.99. The Bertz CT molecular complexity index is 1790. The summed E-state index contributed by atoms with van der Waals surface area (Å²) in [5, 5.41) is 15.2. The van der Waals surface area contributed by atoms with Crippen LogP contribution in [0.25, 0.3) is 0 Å². The summed E-state index contributed by atoms with van der Waals surface area (Å²) in [4.78, 5) is 113. The first-order chi connectivity index (χ1) is 28.3. The molecule has 0 aromatic heterocycles. The van der Waals surface area contributed by atoms with Crippen molar-refractivity contribution in [1.82, 2.24) is 36.4 Å². The van der Waals surface area contributed by atoms with Gasteiger partial charge in [0.15, 0.2) is 0 Å². The van der Waals surface area contributed by atoms with Crippen LogP contribution in [0.4, 0.5) is 10.5 Å². The van der Waals surface area contributed by atoms with Gasteiger partial charge in [-0.2, -0.15) is 11.8 Å². The van der Waals surface area contributed by atoms with Crippen molar-refractivity contribution in [2.24, 2.45) is 0 Å². The Morgan fingerprint density at radius 2 is 1.37 bits per heavy atom. The zero-order valence-corrected chi connectivity index (χ0v) is 34.0. The molecule has 0 saturated heterocycles. The Morgan fingerprint density at radius 1 is 0.712 bits per heavy atom. The van der Waals surface area contributed by atoms with Crippen LogP contribution in [0.15, 0.2) is 66.7 Å². The number of hydrogen-bond donors (Lipinski definition) is 6. The number of unbranched alkanes of at least 4 members (excludes halogenated alkanes) is 2. The van der Waals surface area contributed by atoms with Gasteiger partial charge in [0.1, 0.15) is 12.6 Å². The lowest BCUT2D eigenvalue weighted by Crippen LogP contribution is -2.52. The monoisotopic (exact) mass is 836 g/mol. The molecular weight excluding hydrogens is 785 g/mol. The number of thioether (sulfide) groups is 1. The van der Waals surface area contributed by atoms with Crippen LogP contribution in [0, 0.1) is 0 Å². The molecule has 0 saturated carbocycles. The van der Waals surface area contributed by atoms with Gasteiger partial charge in [-0.05, 0) is 36.1 Å². The van der Waals surface area contributed by atoms with E-state index in [4.69, 9.17) is 4.74 Å². The molecule has 1 aliphatic heterocycles. The van der Waals surface area contributed by atoms with Gasteiger partial charge in [0.05, 0.1) is 19.6 Å². The lowest BCUT2D eigenvalue weighted by atomic mass is 10.1. The lowest BCUT2D eigenvalue weighted by Gasteiger charge is -2.19. The van der Waals surface area contributed by atoms with E-state index in [0.717, 1.165) is 10.5 Å². The van der Waals surface area contributed by atoms with E-state index >= 15 is 0 Å². The maximum absolute atomic E-state index is 13.2. The second-order valence-corrected chi connectivity index (χ2v) is 14.5. The van der Waals surface area contributed by atoms with Crippen molar-refractivity contribution in [3.63, 3.8) is 0 Å². The molecule has 0 aliphatic carbocycles. The first kappa shape index (κ1) is 47.1. The molecule has 1 atom stereocenters. The summed E-state index contributed by atoms with van der Waals surface area (Å²) in [5.41, 5.74) is 1.87. The number of nitrogens with one attached hydrogen (secondary N) is 6. The third-order valence-electron chi connectivity index (χ3n) is 8.67. The van der Waals surface area contributed by atoms with E-state index in [1.54, 1.807) is 80.5 Å². The largest absolute Gasteiger partial charge is 0.445 e. The molecule has 0 radical (unpaired) electrons. The Kier molecular flexibility index (Phi) is 20.7. The van der Waals surface area contributed by atoms with Crippen LogP contribution >= 0.6 is 11.8 Å². The standard InChI is InChI=1S/C40H52N8O10S/c1-41-32(49)18-21-59-22-20-47(2)40(57)58-27-29-12-14-30(15-13-29)45-35(52)26-44-39(56)31(23-28-9-5-3-6-10-28)46-36(53)25-43-34(51)24-42-33(50)11-7-4-8-19-48-37(54)16-17-38(48)55/h3,5-6,9-10,12-17,31H,4,7-8,11,18-27H2,1-2H3,(H,41,49)(H,42,50)(H,43,51)(H,44,56)(H,45,52)(H,46,53)/t31-/m0/s1. The van der Waals surface area contributed by atoms with E-state index in [1.165, 1.54) is 17.1 Å². The number of nitrogens with zero attached hydrogens (tertiary/aromatic N) is 2. The fraction of sp³-hybridized carbons (Fsp3) is 0.425. The molecule has 1 heterocycles. The van der Waals surface area contributed by atoms with Crippen LogP contribution in [-0.2, 0) is 56.1 Å². The van der Waals surface area contributed by atoms with Crippen molar-refractivity contribution in [3.8, 4) is 0 Å². The molecule has 3 rings (SSSR count). The van der Waals surface area contributed by atoms with Crippen molar-refractivity contribution in [3.05, 3.63) is 77.9 Å². The minimum Gasteiger partial charge on any atom is -0.445 e. The van der Waals surface area contributed by atoms with Crippen molar-refractivity contribution < 1.29 is 47.9 Å². The second kappa shape index (κ2) is 25.9. The Hall–Kier alpha value is -6.24. The summed E-state index contributed by atoms with van der Waals surface area (Å²) in [6.45, 7) is -0.496. The van der Waals surface area contributed by atoms with E-state index in [0.29, 0.717) is 55.0 Å². The number of hydrogen-bond acceptors (Lipinski definition) is 11. The average Bonchev–Trinajstić information content (AvgIpc) is 3.55. The summed E-state index contributed by atoms with van der Waals surface area (Å²) in [6, 6.07) is 14.4. The van der Waals surface area contributed by atoms with Crippen LogP contribution in [0.2, 0.25) is 0 Å². The molecule has 2 aromatic rings. The van der Waals surface area contributed by atoms with Crippen LogP contribution in [0.1, 0.15) is 43.2 Å². The zero-order chi connectivity index (χ0) is 43.0. The van der Waals surface area contributed by atoms with E-state index in [1.807, 2.05) is 0 Å². The van der Waals surface area contributed by atoms with Gasteiger partial charge in [0.25, 0.3) is 11.8 Å². The molecule has 18 nitrogen and oxygen atoms in total. The topological polar surface area (TPSA) is 242 Å². The minimum absolute atomic E-state index is 0.0160. The molecule has 9 amide bonds. The third kappa shape index (κ3) is 18.7. The van der Waals surface area contributed by atoms with Gasteiger partial charge in [0, 0.05) is 75.8 Å². The van der Waals surface area contributed by atoms with Gasteiger partial charge in [-0.3, -0.25) is 43.3 Å². The zero-order valence-electron chi connectivity index (χ0n) is 33.2. The molecule has 318 valence electrons. The van der Waals surface area contributed by atoms with Gasteiger partial charge < -0.3 is 41.5 Å². The molecular formula is C40H52N8O10S. The average molecular weight is 837 g/mol. The highest BCUT2D eigenvalue weighted by Crippen LogP contribution is 2.12. The van der Waals surface area contributed by atoms with Gasteiger partial charge >= 0.3 is 6.09 Å². The highest BCUT2D eigenvalue weighted by Gasteiger charge is 2.23. The number of carbonyl (C=O) groups is 9. The predicted molar refractivity (Wildman–Crippen MR) is 219 cm³/mol. The number of rotatable bonds is 25. The molecule has 0 bridgehead atoms. The van der Waals surface area contributed by atoms with Crippen molar-refractivity contribution in [1.29, 1.82) is 0 Å². The number of anilines is 1. The summed E-state index contributed by atoms with van der Waals surface area (Å²) < 4.78 is 5.36. The van der Waals surface area contributed by atoms with Crippen LogP contribution in [0.5, 0.6) is 0 Å². The highest BCUT2D eigenvalue weighted by atomic mass is 32.2. The summed E-state index contributed by atoms with van der Waals surface area (Å²) in [7, 11) is 3.21. The molecule has 59 heavy (non-hydrogen) atoms. The Morgan fingerprint density at radius 3 is 2.07 bits per heavy atom. The van der Waals surface area contributed by atoms with Crippen LogP contribution in [0.3, 0.4) is 0 Å². The summed E-state index contributed by atoms with van der Waals surface area (Å²) in [6.07, 6.45) is 4.21. The predicted octanol–water partition coefficient (Wildman–Crippen LogP) is 0.624. The number of carbonyl (C=O) groups excluding carboxylic acids is 9. The molecule has 2 aromatic carbocycles. The first-order valence-electron chi connectivity index (χ1n) is 19.1. The molecule has 0 fully saturated rings.